The number of carboxylic acid groups (broad SMARTS) is 1. The molecule has 0 saturated heterocycles. The van der Waals surface area contributed by atoms with Crippen LogP contribution in [0.15, 0.2) is 28.7 Å². The van der Waals surface area contributed by atoms with Crippen molar-refractivity contribution in [3.63, 3.8) is 0 Å². The summed E-state index contributed by atoms with van der Waals surface area (Å²) < 4.78 is 10.6. The largest absolute Gasteiger partial charge is 0.486 e. The van der Waals surface area contributed by atoms with E-state index in [1.807, 2.05) is 6.07 Å². The van der Waals surface area contributed by atoms with Crippen LogP contribution in [0, 0.1) is 18.3 Å². The SMILES string of the molecule is Cc1cc(COc2ccc(C#N)c(Cl)c2)oc1C(=O)O. The van der Waals surface area contributed by atoms with E-state index in [2.05, 4.69) is 0 Å². The van der Waals surface area contributed by atoms with Crippen molar-refractivity contribution in [3.8, 4) is 11.8 Å². The summed E-state index contributed by atoms with van der Waals surface area (Å²) in [5, 5.41) is 17.9. The minimum Gasteiger partial charge on any atom is -0.486 e. The van der Waals surface area contributed by atoms with E-state index in [0.717, 1.165) is 0 Å². The number of carbonyl (C=O) groups is 1. The van der Waals surface area contributed by atoms with E-state index in [4.69, 9.17) is 31.1 Å². The number of carboxylic acids is 1. The van der Waals surface area contributed by atoms with Crippen molar-refractivity contribution in [2.45, 2.75) is 13.5 Å². The number of rotatable bonds is 4. The lowest BCUT2D eigenvalue weighted by molar-refractivity contribution is 0.0657. The van der Waals surface area contributed by atoms with Gasteiger partial charge in [-0.25, -0.2) is 4.79 Å². The molecule has 1 heterocycles. The smallest absolute Gasteiger partial charge is 0.372 e. The van der Waals surface area contributed by atoms with Gasteiger partial charge in [-0.05, 0) is 25.1 Å². The Kier molecular flexibility index (Phi) is 3.97. The summed E-state index contributed by atoms with van der Waals surface area (Å²) >= 11 is 5.88. The van der Waals surface area contributed by atoms with Gasteiger partial charge in [-0.1, -0.05) is 11.6 Å². The third-order valence-corrected chi connectivity index (χ3v) is 2.92. The molecule has 0 atom stereocenters. The Balaban J connectivity index is 2.09. The lowest BCUT2D eigenvalue weighted by Crippen LogP contribution is -1.96. The van der Waals surface area contributed by atoms with Crippen molar-refractivity contribution in [2.75, 3.05) is 0 Å². The van der Waals surface area contributed by atoms with Crippen LogP contribution >= 0.6 is 11.6 Å². The molecule has 0 aliphatic heterocycles. The molecule has 0 aliphatic rings. The molecule has 2 rings (SSSR count). The molecule has 0 fully saturated rings. The predicted octanol–water partition coefficient (Wildman–Crippen LogP) is 3.39. The normalized spacial score (nSPS) is 10.1. The molecule has 0 bridgehead atoms. The van der Waals surface area contributed by atoms with Crippen molar-refractivity contribution in [1.82, 2.24) is 0 Å². The molecule has 5 nitrogen and oxygen atoms in total. The van der Waals surface area contributed by atoms with Crippen molar-refractivity contribution in [3.05, 3.63) is 51.9 Å². The van der Waals surface area contributed by atoms with E-state index in [-0.39, 0.29) is 12.4 Å². The first kappa shape index (κ1) is 14.0. The first-order valence-electron chi connectivity index (χ1n) is 5.66. The van der Waals surface area contributed by atoms with E-state index >= 15 is 0 Å². The predicted molar refractivity (Wildman–Crippen MR) is 70.9 cm³/mol. The third-order valence-electron chi connectivity index (χ3n) is 2.61. The number of nitrogens with zero attached hydrogens (tertiary/aromatic N) is 1. The minimum atomic E-state index is -1.12. The topological polar surface area (TPSA) is 83.5 Å². The monoisotopic (exact) mass is 291 g/mol. The van der Waals surface area contributed by atoms with E-state index < -0.39 is 5.97 Å². The van der Waals surface area contributed by atoms with Crippen molar-refractivity contribution >= 4 is 17.6 Å². The van der Waals surface area contributed by atoms with E-state index in [1.165, 1.54) is 6.07 Å². The maximum absolute atomic E-state index is 10.8. The van der Waals surface area contributed by atoms with Crippen LogP contribution < -0.4 is 4.74 Å². The fraction of sp³-hybridized carbons (Fsp3) is 0.143. The second kappa shape index (κ2) is 5.68. The molecule has 1 aromatic carbocycles. The maximum atomic E-state index is 10.8. The van der Waals surface area contributed by atoms with Gasteiger partial charge in [0.2, 0.25) is 5.76 Å². The first-order chi connectivity index (χ1) is 9.51. The second-order valence-electron chi connectivity index (χ2n) is 4.07. The fourth-order valence-electron chi connectivity index (χ4n) is 1.66. The van der Waals surface area contributed by atoms with Crippen LogP contribution in [0.25, 0.3) is 0 Å². The first-order valence-corrected chi connectivity index (χ1v) is 6.04. The summed E-state index contributed by atoms with van der Waals surface area (Å²) in [6.07, 6.45) is 0. The van der Waals surface area contributed by atoms with Crippen LogP contribution in [0.5, 0.6) is 5.75 Å². The Bertz CT molecular complexity index is 700. The van der Waals surface area contributed by atoms with Crippen LogP contribution in [0.1, 0.15) is 27.4 Å². The number of hydrogen-bond acceptors (Lipinski definition) is 4. The molecule has 0 amide bonds. The van der Waals surface area contributed by atoms with E-state index in [9.17, 15) is 4.79 Å². The molecule has 0 spiro atoms. The van der Waals surface area contributed by atoms with Crippen molar-refractivity contribution < 1.29 is 19.1 Å². The zero-order valence-corrected chi connectivity index (χ0v) is 11.3. The quantitative estimate of drug-likeness (QED) is 0.933. The number of furan rings is 1. The van der Waals surface area contributed by atoms with Crippen LogP contribution in [0.2, 0.25) is 5.02 Å². The summed E-state index contributed by atoms with van der Waals surface area (Å²) in [7, 11) is 0. The Hall–Kier alpha value is -2.45. The van der Waals surface area contributed by atoms with E-state index in [1.54, 1.807) is 25.1 Å². The molecular formula is C14H10ClNO4. The van der Waals surface area contributed by atoms with Crippen LogP contribution in [0.3, 0.4) is 0 Å². The number of nitriles is 1. The average molecular weight is 292 g/mol. The number of ether oxygens (including phenoxy) is 1. The highest BCUT2D eigenvalue weighted by molar-refractivity contribution is 6.31. The van der Waals surface area contributed by atoms with Gasteiger partial charge in [-0.3, -0.25) is 0 Å². The zero-order valence-electron chi connectivity index (χ0n) is 10.5. The Morgan fingerprint density at radius 1 is 1.50 bits per heavy atom. The molecule has 20 heavy (non-hydrogen) atoms. The molecule has 1 aromatic heterocycles. The van der Waals surface area contributed by atoms with Gasteiger partial charge >= 0.3 is 5.97 Å². The summed E-state index contributed by atoms with van der Waals surface area (Å²) in [6.45, 7) is 1.73. The van der Waals surface area contributed by atoms with Gasteiger partial charge in [0.25, 0.3) is 0 Å². The number of hydrogen-bond donors (Lipinski definition) is 1. The van der Waals surface area contributed by atoms with Gasteiger partial charge in [-0.15, -0.1) is 0 Å². The lowest BCUT2D eigenvalue weighted by Gasteiger charge is -2.05. The van der Waals surface area contributed by atoms with Crippen molar-refractivity contribution in [1.29, 1.82) is 5.26 Å². The zero-order chi connectivity index (χ0) is 14.7. The number of aromatic carboxylic acids is 1. The molecule has 6 heteroatoms. The summed E-state index contributed by atoms with van der Waals surface area (Å²) in [5.74, 6) is -0.336. The summed E-state index contributed by atoms with van der Waals surface area (Å²) in [4.78, 5) is 10.8. The number of halogens is 1. The van der Waals surface area contributed by atoms with Gasteiger partial charge in [0.05, 0.1) is 10.6 Å². The highest BCUT2D eigenvalue weighted by Crippen LogP contribution is 2.23. The molecule has 0 saturated carbocycles. The minimum absolute atomic E-state index is 0.0797. The molecule has 1 N–H and O–H groups in total. The van der Waals surface area contributed by atoms with Crippen LogP contribution in [-0.2, 0) is 6.61 Å². The van der Waals surface area contributed by atoms with Crippen LogP contribution in [-0.4, -0.2) is 11.1 Å². The number of aryl methyl sites for hydroxylation is 1. The maximum Gasteiger partial charge on any atom is 0.372 e. The van der Waals surface area contributed by atoms with Gasteiger partial charge in [-0.2, -0.15) is 5.26 Å². The summed E-state index contributed by atoms with van der Waals surface area (Å²) in [6, 6.07) is 8.23. The molecule has 0 aliphatic carbocycles. The number of benzene rings is 1. The van der Waals surface area contributed by atoms with Crippen LogP contribution in [0.4, 0.5) is 0 Å². The third kappa shape index (κ3) is 2.92. The van der Waals surface area contributed by atoms with Gasteiger partial charge in [0.15, 0.2) is 0 Å². The highest BCUT2D eigenvalue weighted by atomic mass is 35.5. The molecule has 2 aromatic rings. The summed E-state index contributed by atoms with van der Waals surface area (Å²) in [5.41, 5.74) is 0.898. The molecular weight excluding hydrogens is 282 g/mol. The van der Waals surface area contributed by atoms with Gasteiger partial charge in [0, 0.05) is 11.6 Å². The van der Waals surface area contributed by atoms with Crippen molar-refractivity contribution in [2.24, 2.45) is 0 Å². The van der Waals surface area contributed by atoms with E-state index in [0.29, 0.717) is 27.7 Å². The Morgan fingerprint density at radius 2 is 2.25 bits per heavy atom. The molecule has 0 radical (unpaired) electrons. The standard InChI is InChI=1S/C14H10ClNO4/c1-8-4-11(20-13(8)14(17)18)7-19-10-3-2-9(6-16)12(15)5-10/h2-5H,7H2,1H3,(H,17,18). The lowest BCUT2D eigenvalue weighted by atomic mass is 10.2. The van der Waals surface area contributed by atoms with Gasteiger partial charge < -0.3 is 14.3 Å². The average Bonchev–Trinajstić information content (AvgIpc) is 2.78. The van der Waals surface area contributed by atoms with Gasteiger partial charge in [0.1, 0.15) is 24.2 Å². The Morgan fingerprint density at radius 3 is 2.80 bits per heavy atom. The Labute approximate surface area is 120 Å². The molecule has 0 unspecified atom stereocenters. The fourth-order valence-corrected chi connectivity index (χ4v) is 1.88. The highest BCUT2D eigenvalue weighted by Gasteiger charge is 2.14. The second-order valence-corrected chi connectivity index (χ2v) is 4.48. The molecule has 102 valence electrons.